The molecule has 0 aromatic carbocycles. The largest absolute Gasteiger partial charge is 0.394 e. The van der Waals surface area contributed by atoms with Crippen LogP contribution in [0.4, 0.5) is 0 Å². The first-order chi connectivity index (χ1) is 11.0. The number of unbranched alkanes of at least 4 members (excludes halogenated alkanes) is 3. The summed E-state index contributed by atoms with van der Waals surface area (Å²) in [6, 6.07) is 0. The average molecular weight is 329 g/mol. The molecule has 5 atom stereocenters. The fourth-order valence-electron chi connectivity index (χ4n) is 3.79. The number of nitrogens with zero attached hydrogens (tertiary/aromatic N) is 1. The molecule has 3 aliphatic rings. The molecule has 1 unspecified atom stereocenters. The highest BCUT2D eigenvalue weighted by atomic mass is 16.8. The molecule has 23 heavy (non-hydrogen) atoms. The molecule has 3 fully saturated rings. The molecule has 0 aromatic rings. The lowest BCUT2D eigenvalue weighted by Crippen LogP contribution is -2.42. The summed E-state index contributed by atoms with van der Waals surface area (Å²) in [5.74, 6) is -0.635. The quantitative estimate of drug-likeness (QED) is 0.723. The van der Waals surface area contributed by atoms with Gasteiger partial charge in [0.2, 0.25) is 0 Å². The maximum atomic E-state index is 9.54. The van der Waals surface area contributed by atoms with Gasteiger partial charge in [-0.2, -0.15) is 5.06 Å². The molecular weight excluding hydrogens is 298 g/mol. The lowest BCUT2D eigenvalue weighted by atomic mass is 10.1. The molecule has 3 rings (SSSR count). The summed E-state index contributed by atoms with van der Waals surface area (Å²) in [4.78, 5) is 6.09. The van der Waals surface area contributed by atoms with E-state index < -0.39 is 5.79 Å². The minimum absolute atomic E-state index is 0.0641. The Morgan fingerprint density at radius 2 is 1.91 bits per heavy atom. The third-order valence-corrected chi connectivity index (χ3v) is 4.92. The monoisotopic (exact) mass is 329 g/mol. The van der Waals surface area contributed by atoms with Gasteiger partial charge in [0.15, 0.2) is 12.0 Å². The fraction of sp³-hybridized carbons (Fsp3) is 1.00. The number of ether oxygens (including phenoxy) is 3. The van der Waals surface area contributed by atoms with E-state index in [0.29, 0.717) is 0 Å². The van der Waals surface area contributed by atoms with Crippen molar-refractivity contribution < 1.29 is 24.2 Å². The number of rotatable bonds is 7. The first-order valence-electron chi connectivity index (χ1n) is 9.09. The summed E-state index contributed by atoms with van der Waals surface area (Å²) < 4.78 is 17.8. The zero-order valence-electron chi connectivity index (χ0n) is 14.6. The summed E-state index contributed by atoms with van der Waals surface area (Å²) in [6.07, 6.45) is 6.37. The van der Waals surface area contributed by atoms with E-state index in [1.165, 1.54) is 25.7 Å². The van der Waals surface area contributed by atoms with E-state index in [1.54, 1.807) is 0 Å². The van der Waals surface area contributed by atoms with Crippen LogP contribution in [0.25, 0.3) is 0 Å². The zero-order valence-corrected chi connectivity index (χ0v) is 14.6. The molecule has 0 saturated carbocycles. The maximum absolute atomic E-state index is 9.54. The molecule has 3 aliphatic heterocycles. The van der Waals surface area contributed by atoms with Gasteiger partial charge in [0, 0.05) is 6.54 Å². The van der Waals surface area contributed by atoms with Gasteiger partial charge in [-0.3, -0.25) is 4.84 Å². The Bertz CT molecular complexity index is 391. The minimum atomic E-state index is -0.635. The van der Waals surface area contributed by atoms with Crippen LogP contribution in [0, 0.1) is 0 Å². The summed E-state index contributed by atoms with van der Waals surface area (Å²) in [6.45, 7) is 6.81. The molecule has 3 heterocycles. The van der Waals surface area contributed by atoms with Gasteiger partial charge in [-0.1, -0.05) is 32.6 Å². The fourth-order valence-corrected chi connectivity index (χ4v) is 3.79. The molecular formula is C17H31NO5. The van der Waals surface area contributed by atoms with E-state index in [4.69, 9.17) is 19.0 Å². The van der Waals surface area contributed by atoms with Crippen LogP contribution in [-0.2, 0) is 19.0 Å². The van der Waals surface area contributed by atoms with E-state index in [2.05, 4.69) is 6.92 Å². The van der Waals surface area contributed by atoms with Gasteiger partial charge in [-0.05, 0) is 26.7 Å². The highest BCUT2D eigenvalue weighted by molar-refractivity contribution is 4.97. The molecule has 134 valence electrons. The molecule has 0 bridgehead atoms. The van der Waals surface area contributed by atoms with Crippen molar-refractivity contribution in [3.8, 4) is 0 Å². The van der Waals surface area contributed by atoms with Crippen molar-refractivity contribution in [1.29, 1.82) is 0 Å². The van der Waals surface area contributed by atoms with Crippen LogP contribution in [0.15, 0.2) is 0 Å². The first-order valence-corrected chi connectivity index (χ1v) is 9.09. The molecule has 6 heteroatoms. The first kappa shape index (κ1) is 17.6. The molecule has 1 N–H and O–H groups in total. The number of hydrogen-bond donors (Lipinski definition) is 1. The molecule has 0 amide bonds. The molecule has 0 spiro atoms. The Hall–Kier alpha value is -0.240. The summed E-state index contributed by atoms with van der Waals surface area (Å²) >= 11 is 0. The minimum Gasteiger partial charge on any atom is -0.394 e. The Morgan fingerprint density at radius 1 is 1.13 bits per heavy atom. The van der Waals surface area contributed by atoms with Gasteiger partial charge in [-0.15, -0.1) is 0 Å². The van der Waals surface area contributed by atoms with Crippen molar-refractivity contribution in [1.82, 2.24) is 5.06 Å². The highest BCUT2D eigenvalue weighted by Crippen LogP contribution is 2.40. The van der Waals surface area contributed by atoms with Crippen molar-refractivity contribution in [2.45, 2.75) is 95.7 Å². The van der Waals surface area contributed by atoms with Crippen LogP contribution < -0.4 is 0 Å². The predicted molar refractivity (Wildman–Crippen MR) is 84.5 cm³/mol. The van der Waals surface area contributed by atoms with Crippen molar-refractivity contribution >= 4 is 0 Å². The maximum Gasteiger partial charge on any atom is 0.164 e. The number of aliphatic hydroxyl groups is 1. The zero-order chi connectivity index (χ0) is 16.4. The Kier molecular flexibility index (Phi) is 5.61. The van der Waals surface area contributed by atoms with E-state index in [9.17, 15) is 5.11 Å². The van der Waals surface area contributed by atoms with Crippen molar-refractivity contribution in [3.63, 3.8) is 0 Å². The normalized spacial score (nSPS) is 39.9. The van der Waals surface area contributed by atoms with E-state index in [1.807, 2.05) is 18.9 Å². The van der Waals surface area contributed by atoms with Crippen molar-refractivity contribution in [3.05, 3.63) is 0 Å². The molecule has 0 radical (unpaired) electrons. The van der Waals surface area contributed by atoms with Gasteiger partial charge >= 0.3 is 0 Å². The van der Waals surface area contributed by atoms with Crippen molar-refractivity contribution in [2.24, 2.45) is 0 Å². The van der Waals surface area contributed by atoms with Crippen LogP contribution in [0.5, 0.6) is 0 Å². The summed E-state index contributed by atoms with van der Waals surface area (Å²) in [5, 5.41) is 11.4. The Labute approximate surface area is 139 Å². The standard InChI is InChI=1S/C17H31NO5/c1-4-5-6-7-8-12-9-10-18(23-12)16-15-14(13(11-19)20-16)21-17(2,3)22-15/h12-16,19H,4-11H2,1-3H3/t12?,13-,14-,15-,16-/m1/s1. The van der Waals surface area contributed by atoms with Crippen LogP contribution in [0.3, 0.4) is 0 Å². The molecule has 6 nitrogen and oxygen atoms in total. The second kappa shape index (κ2) is 7.33. The van der Waals surface area contributed by atoms with Crippen LogP contribution in [-0.4, -0.2) is 59.8 Å². The van der Waals surface area contributed by atoms with Gasteiger partial charge < -0.3 is 19.3 Å². The van der Waals surface area contributed by atoms with E-state index in [-0.39, 0.29) is 37.3 Å². The Morgan fingerprint density at radius 3 is 2.65 bits per heavy atom. The smallest absolute Gasteiger partial charge is 0.164 e. The van der Waals surface area contributed by atoms with Crippen LogP contribution in [0.2, 0.25) is 0 Å². The number of hydroxylamine groups is 2. The molecule has 0 aliphatic carbocycles. The second-order valence-electron chi connectivity index (χ2n) is 7.32. The van der Waals surface area contributed by atoms with Gasteiger partial charge in [0.25, 0.3) is 0 Å². The van der Waals surface area contributed by atoms with E-state index >= 15 is 0 Å². The van der Waals surface area contributed by atoms with E-state index in [0.717, 1.165) is 19.4 Å². The Balaban J connectivity index is 1.53. The highest BCUT2D eigenvalue weighted by Gasteiger charge is 2.57. The van der Waals surface area contributed by atoms with Crippen molar-refractivity contribution in [2.75, 3.05) is 13.2 Å². The predicted octanol–water partition coefficient (Wildman–Crippen LogP) is 2.20. The van der Waals surface area contributed by atoms with Crippen LogP contribution in [0.1, 0.15) is 59.3 Å². The molecule has 0 aromatic heterocycles. The third-order valence-electron chi connectivity index (χ3n) is 4.92. The lowest BCUT2D eigenvalue weighted by molar-refractivity contribution is -0.276. The number of fused-ring (bicyclic) bond motifs is 1. The lowest BCUT2D eigenvalue weighted by Gasteiger charge is -2.28. The SMILES string of the molecule is CCCCCCC1CCN([C@@H]2O[C@H](CO)[C@H]3OC(C)(C)O[C@H]32)O1. The molecule has 3 saturated heterocycles. The third kappa shape index (κ3) is 3.89. The number of aliphatic hydroxyl groups excluding tert-OH is 1. The summed E-state index contributed by atoms with van der Waals surface area (Å²) in [7, 11) is 0. The van der Waals surface area contributed by atoms with Gasteiger partial charge in [-0.25, -0.2) is 0 Å². The topological polar surface area (TPSA) is 60.4 Å². The van der Waals surface area contributed by atoms with Crippen LogP contribution >= 0.6 is 0 Å². The van der Waals surface area contributed by atoms with Gasteiger partial charge in [0.05, 0.1) is 12.7 Å². The van der Waals surface area contributed by atoms with Gasteiger partial charge in [0.1, 0.15) is 18.3 Å². The second-order valence-corrected chi connectivity index (χ2v) is 7.32. The average Bonchev–Trinajstić information content (AvgIpc) is 3.16. The summed E-state index contributed by atoms with van der Waals surface area (Å²) in [5.41, 5.74) is 0. The number of hydrogen-bond acceptors (Lipinski definition) is 6.